The number of nitrogens with zero attached hydrogens (tertiary/aromatic N) is 1. The average Bonchev–Trinajstić information content (AvgIpc) is 2.32. The van der Waals surface area contributed by atoms with E-state index in [-0.39, 0.29) is 7.43 Å². The predicted molar refractivity (Wildman–Crippen MR) is 72.6 cm³/mol. The van der Waals surface area contributed by atoms with Crippen LogP contribution in [-0.4, -0.2) is 23.9 Å². The Morgan fingerprint density at radius 3 is 2.06 bits per heavy atom. The number of carbonyl (C=O) groups excluding carboxylic acids is 1. The summed E-state index contributed by atoms with van der Waals surface area (Å²) in [6, 6.07) is 0. The molecular weight excluding hydrogens is 198 g/mol. The van der Waals surface area contributed by atoms with Crippen molar-refractivity contribution in [3.63, 3.8) is 0 Å². The first-order chi connectivity index (χ1) is 7.27. The van der Waals surface area contributed by atoms with Gasteiger partial charge in [0, 0.05) is 19.5 Å². The Morgan fingerprint density at radius 1 is 1.19 bits per heavy atom. The highest BCUT2D eigenvalue weighted by Gasteiger charge is 2.20. The summed E-state index contributed by atoms with van der Waals surface area (Å²) in [6.45, 7) is 10.2. The first kappa shape index (κ1) is 17.9. The summed E-state index contributed by atoms with van der Waals surface area (Å²) in [5.74, 6) is 1.21. The predicted octanol–water partition coefficient (Wildman–Crippen LogP) is 4.10. The maximum absolute atomic E-state index is 11.4. The van der Waals surface area contributed by atoms with Crippen molar-refractivity contribution < 1.29 is 4.79 Å². The van der Waals surface area contributed by atoms with Crippen molar-refractivity contribution in [2.45, 2.75) is 67.2 Å². The minimum atomic E-state index is 0. The van der Waals surface area contributed by atoms with Crippen LogP contribution in [0.2, 0.25) is 0 Å². The molecule has 0 unspecified atom stereocenters. The first-order valence-corrected chi connectivity index (χ1v) is 6.55. The van der Waals surface area contributed by atoms with Crippen LogP contribution in [0.4, 0.5) is 0 Å². The minimum Gasteiger partial charge on any atom is -0.343 e. The smallest absolute Gasteiger partial charge is 0.222 e. The Morgan fingerprint density at radius 2 is 1.69 bits per heavy atom. The zero-order valence-electron chi connectivity index (χ0n) is 10.9. The van der Waals surface area contributed by atoms with Crippen LogP contribution in [0.1, 0.15) is 67.2 Å². The van der Waals surface area contributed by atoms with Crippen LogP contribution in [0, 0.1) is 5.92 Å². The van der Waals surface area contributed by atoms with Crippen molar-refractivity contribution in [2.24, 2.45) is 5.92 Å². The Balaban J connectivity index is 0. The molecule has 0 atom stereocenters. The van der Waals surface area contributed by atoms with Crippen LogP contribution < -0.4 is 0 Å². The van der Waals surface area contributed by atoms with E-state index in [1.54, 1.807) is 0 Å². The van der Waals surface area contributed by atoms with Crippen LogP contribution in [0.3, 0.4) is 0 Å². The lowest BCUT2D eigenvalue weighted by atomic mass is 9.92. The summed E-state index contributed by atoms with van der Waals surface area (Å²) in [7, 11) is 0. The monoisotopic (exact) mass is 229 g/mol. The lowest BCUT2D eigenvalue weighted by Crippen LogP contribution is -2.37. The number of hydrogen-bond acceptors (Lipinski definition) is 1. The van der Waals surface area contributed by atoms with Crippen molar-refractivity contribution >= 4 is 5.91 Å². The lowest BCUT2D eigenvalue weighted by molar-refractivity contribution is -0.132. The summed E-state index contributed by atoms with van der Waals surface area (Å²) >= 11 is 0. The van der Waals surface area contributed by atoms with E-state index < -0.39 is 0 Å². The Labute approximate surface area is 102 Å². The van der Waals surface area contributed by atoms with Gasteiger partial charge in [-0.3, -0.25) is 4.79 Å². The Kier molecular flexibility index (Phi) is 12.2. The number of amides is 1. The highest BCUT2D eigenvalue weighted by atomic mass is 16.2. The van der Waals surface area contributed by atoms with Crippen molar-refractivity contribution in [2.75, 3.05) is 13.1 Å². The van der Waals surface area contributed by atoms with Gasteiger partial charge in [-0.1, -0.05) is 48.0 Å². The van der Waals surface area contributed by atoms with Crippen molar-refractivity contribution in [1.82, 2.24) is 4.90 Å². The van der Waals surface area contributed by atoms with Crippen molar-refractivity contribution in [3.05, 3.63) is 0 Å². The molecule has 98 valence electrons. The first-order valence-electron chi connectivity index (χ1n) is 6.55. The molecule has 0 aliphatic carbocycles. The van der Waals surface area contributed by atoms with Gasteiger partial charge in [0.05, 0.1) is 0 Å². The third kappa shape index (κ3) is 6.14. The number of carbonyl (C=O) groups is 1. The molecule has 0 bridgehead atoms. The molecule has 0 aromatic heterocycles. The van der Waals surface area contributed by atoms with Crippen LogP contribution in [0.5, 0.6) is 0 Å². The number of rotatable bonds is 3. The molecule has 0 saturated carbocycles. The quantitative estimate of drug-likeness (QED) is 0.713. The molecular formula is C14H31NO. The van der Waals surface area contributed by atoms with E-state index in [2.05, 4.69) is 6.92 Å². The zero-order chi connectivity index (χ0) is 11.7. The zero-order valence-corrected chi connectivity index (χ0v) is 10.9. The number of piperidine rings is 1. The standard InChI is InChI=1S/C11H21NO.C2H6.CH4/c1-3-5-10-6-8-12(9-7-10)11(13)4-2;1-2;/h10H,3-9H2,1-2H3;1-2H3;1H4. The molecule has 0 aromatic rings. The molecule has 2 heteroatoms. The summed E-state index contributed by atoms with van der Waals surface area (Å²) in [5, 5.41) is 0. The maximum Gasteiger partial charge on any atom is 0.222 e. The van der Waals surface area contributed by atoms with E-state index >= 15 is 0 Å². The maximum atomic E-state index is 11.4. The summed E-state index contributed by atoms with van der Waals surface area (Å²) in [4.78, 5) is 13.4. The van der Waals surface area contributed by atoms with E-state index in [4.69, 9.17) is 0 Å². The fourth-order valence-electron chi connectivity index (χ4n) is 2.10. The number of hydrogen-bond donors (Lipinski definition) is 0. The molecule has 1 rings (SSSR count). The van der Waals surface area contributed by atoms with Gasteiger partial charge in [-0.05, 0) is 18.8 Å². The normalized spacial score (nSPS) is 15.9. The lowest BCUT2D eigenvalue weighted by Gasteiger charge is -2.31. The average molecular weight is 229 g/mol. The van der Waals surface area contributed by atoms with Gasteiger partial charge in [0.15, 0.2) is 0 Å². The summed E-state index contributed by atoms with van der Waals surface area (Å²) in [5.41, 5.74) is 0. The van der Waals surface area contributed by atoms with Gasteiger partial charge in [0.25, 0.3) is 0 Å². The second-order valence-corrected chi connectivity index (χ2v) is 3.97. The van der Waals surface area contributed by atoms with Gasteiger partial charge in [-0.2, -0.15) is 0 Å². The van der Waals surface area contributed by atoms with Gasteiger partial charge in [-0.25, -0.2) is 0 Å². The molecule has 1 heterocycles. The van der Waals surface area contributed by atoms with Crippen LogP contribution in [0.15, 0.2) is 0 Å². The van der Waals surface area contributed by atoms with Gasteiger partial charge < -0.3 is 4.90 Å². The van der Waals surface area contributed by atoms with Gasteiger partial charge >= 0.3 is 0 Å². The summed E-state index contributed by atoms with van der Waals surface area (Å²) in [6.07, 6.45) is 5.73. The molecule has 0 aromatic carbocycles. The second-order valence-electron chi connectivity index (χ2n) is 3.97. The van der Waals surface area contributed by atoms with Gasteiger partial charge in [0.2, 0.25) is 5.91 Å². The van der Waals surface area contributed by atoms with E-state index in [1.807, 2.05) is 25.7 Å². The SMILES string of the molecule is C.CC.CCCC1CCN(C(=O)CC)CC1. The number of likely N-dealkylation sites (tertiary alicyclic amines) is 1. The van der Waals surface area contributed by atoms with Crippen LogP contribution in [0.25, 0.3) is 0 Å². The highest BCUT2D eigenvalue weighted by Crippen LogP contribution is 2.21. The van der Waals surface area contributed by atoms with E-state index in [0.29, 0.717) is 12.3 Å². The third-order valence-electron chi connectivity index (χ3n) is 2.97. The minimum absolute atomic E-state index is 0. The van der Waals surface area contributed by atoms with Gasteiger partial charge in [0.1, 0.15) is 0 Å². The highest BCUT2D eigenvalue weighted by molar-refractivity contribution is 5.75. The Bertz CT molecular complexity index is 160. The largest absolute Gasteiger partial charge is 0.343 e. The molecule has 1 aliphatic rings. The summed E-state index contributed by atoms with van der Waals surface area (Å²) < 4.78 is 0. The molecule has 1 fully saturated rings. The van der Waals surface area contributed by atoms with Crippen LogP contribution in [-0.2, 0) is 4.79 Å². The van der Waals surface area contributed by atoms with E-state index in [9.17, 15) is 4.79 Å². The van der Waals surface area contributed by atoms with E-state index in [0.717, 1.165) is 19.0 Å². The van der Waals surface area contributed by atoms with E-state index in [1.165, 1.54) is 25.7 Å². The fourth-order valence-corrected chi connectivity index (χ4v) is 2.10. The molecule has 0 N–H and O–H groups in total. The molecule has 2 nitrogen and oxygen atoms in total. The topological polar surface area (TPSA) is 20.3 Å². The molecule has 1 saturated heterocycles. The molecule has 0 radical (unpaired) electrons. The second kappa shape index (κ2) is 11.0. The van der Waals surface area contributed by atoms with Crippen LogP contribution >= 0.6 is 0 Å². The van der Waals surface area contributed by atoms with Crippen molar-refractivity contribution in [1.29, 1.82) is 0 Å². The molecule has 0 spiro atoms. The Hall–Kier alpha value is -0.530. The van der Waals surface area contributed by atoms with Crippen molar-refractivity contribution in [3.8, 4) is 0 Å². The van der Waals surface area contributed by atoms with Gasteiger partial charge in [-0.15, -0.1) is 0 Å². The molecule has 1 amide bonds. The third-order valence-corrected chi connectivity index (χ3v) is 2.97. The molecule has 16 heavy (non-hydrogen) atoms. The molecule has 1 aliphatic heterocycles. The fraction of sp³-hybridized carbons (Fsp3) is 0.929.